The minimum atomic E-state index is -0.488. The van der Waals surface area contributed by atoms with Crippen LogP contribution in [0.2, 0.25) is 0 Å². The topological polar surface area (TPSA) is 61.2 Å². The Bertz CT molecular complexity index is 661. The first kappa shape index (κ1) is 13.7. The maximum absolute atomic E-state index is 11.8. The van der Waals surface area contributed by atoms with Gasteiger partial charge in [0.1, 0.15) is 5.69 Å². The molecule has 2 aromatic rings. The molecule has 1 aromatic heterocycles. The van der Waals surface area contributed by atoms with Crippen molar-refractivity contribution in [3.63, 3.8) is 0 Å². The highest BCUT2D eigenvalue weighted by Crippen LogP contribution is 2.29. The molecule has 0 amide bonds. The van der Waals surface area contributed by atoms with Crippen molar-refractivity contribution in [2.24, 2.45) is 0 Å². The maximum Gasteiger partial charge on any atom is 0.338 e. The zero-order chi connectivity index (χ0) is 14.2. The molecule has 1 aromatic carbocycles. The molecule has 6 heteroatoms. The van der Waals surface area contributed by atoms with Crippen LogP contribution in [0.5, 0.6) is 0 Å². The number of fused-ring (bicyclic) bond motifs is 1. The second kappa shape index (κ2) is 5.13. The van der Waals surface area contributed by atoms with E-state index in [0.29, 0.717) is 17.2 Å². The van der Waals surface area contributed by atoms with Gasteiger partial charge >= 0.3 is 5.97 Å². The van der Waals surface area contributed by atoms with Crippen LogP contribution in [-0.4, -0.2) is 29.1 Å². The van der Waals surface area contributed by atoms with E-state index in [4.69, 9.17) is 4.74 Å². The van der Waals surface area contributed by atoms with E-state index in [1.807, 2.05) is 19.9 Å². The van der Waals surface area contributed by atoms with Crippen LogP contribution in [0.25, 0.3) is 10.9 Å². The van der Waals surface area contributed by atoms with Crippen LogP contribution in [0, 0.1) is 0 Å². The Hall–Kier alpha value is -1.69. The summed E-state index contributed by atoms with van der Waals surface area (Å²) in [6.45, 7) is 3.92. The number of hydrogen-bond acceptors (Lipinski definition) is 4. The molecular weight excluding hydrogens is 312 g/mol. The van der Waals surface area contributed by atoms with Crippen molar-refractivity contribution in [1.29, 1.82) is 0 Å². The number of carbonyl (C=O) groups excluding carboxylic acids is 2. The fourth-order valence-electron chi connectivity index (χ4n) is 2.01. The van der Waals surface area contributed by atoms with Gasteiger partial charge in [-0.2, -0.15) is 5.10 Å². The normalized spacial score (nSPS) is 11.0. The van der Waals surface area contributed by atoms with E-state index in [-0.39, 0.29) is 11.7 Å². The second-order valence-electron chi connectivity index (χ2n) is 4.38. The van der Waals surface area contributed by atoms with E-state index in [1.54, 1.807) is 10.7 Å². The lowest BCUT2D eigenvalue weighted by molar-refractivity contribution is 0.0603. The molecule has 5 nitrogen and oxygen atoms in total. The molecule has 0 fully saturated rings. The molecule has 1 heterocycles. The highest BCUT2D eigenvalue weighted by atomic mass is 79.9. The molecule has 0 unspecified atom stereocenters. The summed E-state index contributed by atoms with van der Waals surface area (Å²) in [6.07, 6.45) is 0.654. The molecule has 0 aliphatic rings. The number of halogens is 1. The van der Waals surface area contributed by atoms with Gasteiger partial charge in [0.2, 0.25) is 0 Å². The number of esters is 1. The average Bonchev–Trinajstić information content (AvgIpc) is 2.75. The lowest BCUT2D eigenvalue weighted by Crippen LogP contribution is -2.04. The number of carbonyl (C=O) groups is 2. The second-order valence-corrected chi connectivity index (χ2v) is 5.30. The smallest absolute Gasteiger partial charge is 0.338 e. The van der Waals surface area contributed by atoms with E-state index >= 15 is 0 Å². The lowest BCUT2D eigenvalue weighted by Gasteiger charge is -2.08. The van der Waals surface area contributed by atoms with Gasteiger partial charge in [-0.25, -0.2) is 4.79 Å². The number of benzene rings is 1. The first-order valence-corrected chi connectivity index (χ1v) is 6.54. The van der Waals surface area contributed by atoms with Gasteiger partial charge in [0.25, 0.3) is 0 Å². The highest BCUT2D eigenvalue weighted by Gasteiger charge is 2.20. The van der Waals surface area contributed by atoms with Crippen LogP contribution >= 0.6 is 15.9 Å². The third-order valence-corrected chi connectivity index (χ3v) is 3.26. The van der Waals surface area contributed by atoms with Crippen molar-refractivity contribution >= 4 is 39.1 Å². The van der Waals surface area contributed by atoms with Gasteiger partial charge in [0.05, 0.1) is 18.2 Å². The van der Waals surface area contributed by atoms with Crippen molar-refractivity contribution in [3.05, 3.63) is 27.9 Å². The average molecular weight is 325 g/mol. The Morgan fingerprint density at radius 3 is 2.68 bits per heavy atom. The predicted octanol–water partition coefficient (Wildman–Crippen LogP) is 2.98. The summed E-state index contributed by atoms with van der Waals surface area (Å²) in [5, 5.41) is 4.77. The highest BCUT2D eigenvalue weighted by molar-refractivity contribution is 9.10. The molecule has 0 N–H and O–H groups in total. The summed E-state index contributed by atoms with van der Waals surface area (Å²) < 4.78 is 7.21. The van der Waals surface area contributed by atoms with Crippen LogP contribution in [0.4, 0.5) is 0 Å². The molecule has 100 valence electrons. The van der Waals surface area contributed by atoms with Crippen LogP contribution < -0.4 is 0 Å². The fraction of sp³-hybridized carbons (Fsp3) is 0.308. The van der Waals surface area contributed by atoms with Crippen molar-refractivity contribution in [1.82, 2.24) is 9.78 Å². The van der Waals surface area contributed by atoms with Crippen molar-refractivity contribution < 1.29 is 14.3 Å². The molecule has 0 radical (unpaired) electrons. The Morgan fingerprint density at radius 1 is 1.47 bits per heavy atom. The van der Waals surface area contributed by atoms with Gasteiger partial charge in [-0.3, -0.25) is 9.48 Å². The number of hydrogen-bond donors (Lipinski definition) is 0. The van der Waals surface area contributed by atoms with Gasteiger partial charge in [0.15, 0.2) is 6.29 Å². The standard InChI is InChI=1S/C13H13BrN2O3/c1-7(2)16-11-5-8(14)4-9(13(18)19-3)12(11)10(6-17)15-16/h4-7H,1-3H3. The Balaban J connectivity index is 2.90. The monoisotopic (exact) mass is 324 g/mol. The SMILES string of the molecule is COC(=O)c1cc(Br)cc2c1c(C=O)nn2C(C)C. The number of aromatic nitrogens is 2. The van der Waals surface area contributed by atoms with Crippen molar-refractivity contribution in [2.45, 2.75) is 19.9 Å². The quantitative estimate of drug-likeness (QED) is 0.643. The zero-order valence-corrected chi connectivity index (χ0v) is 12.4. The van der Waals surface area contributed by atoms with Crippen LogP contribution in [0.3, 0.4) is 0 Å². The van der Waals surface area contributed by atoms with E-state index in [9.17, 15) is 9.59 Å². The number of aldehydes is 1. The Morgan fingerprint density at radius 2 is 2.16 bits per heavy atom. The summed E-state index contributed by atoms with van der Waals surface area (Å²) in [6, 6.07) is 3.55. The van der Waals surface area contributed by atoms with Gasteiger partial charge in [-0.1, -0.05) is 15.9 Å². The molecule has 0 spiro atoms. The number of nitrogens with zero attached hydrogens (tertiary/aromatic N) is 2. The fourth-order valence-corrected chi connectivity index (χ4v) is 2.46. The van der Waals surface area contributed by atoms with Crippen molar-refractivity contribution in [2.75, 3.05) is 7.11 Å². The van der Waals surface area contributed by atoms with Crippen LogP contribution in [-0.2, 0) is 4.74 Å². The van der Waals surface area contributed by atoms with Crippen LogP contribution in [0.1, 0.15) is 40.7 Å². The number of rotatable bonds is 3. The number of methoxy groups -OCH3 is 1. The van der Waals surface area contributed by atoms with Crippen LogP contribution in [0.15, 0.2) is 16.6 Å². The third-order valence-electron chi connectivity index (χ3n) is 2.81. The van der Waals surface area contributed by atoms with Gasteiger partial charge in [-0.05, 0) is 26.0 Å². The third kappa shape index (κ3) is 2.28. The molecule has 0 aliphatic carbocycles. The van der Waals surface area contributed by atoms with E-state index in [1.165, 1.54) is 7.11 Å². The molecule has 0 atom stereocenters. The first-order valence-electron chi connectivity index (χ1n) is 5.74. The molecular formula is C13H13BrN2O3. The van der Waals surface area contributed by atoms with Gasteiger partial charge in [0, 0.05) is 15.9 Å². The predicted molar refractivity (Wildman–Crippen MR) is 74.5 cm³/mol. The molecule has 0 saturated heterocycles. The largest absolute Gasteiger partial charge is 0.465 e. The van der Waals surface area contributed by atoms with E-state index in [0.717, 1.165) is 9.99 Å². The molecule has 2 rings (SSSR count). The summed E-state index contributed by atoms with van der Waals surface area (Å²) in [5.74, 6) is -0.488. The minimum Gasteiger partial charge on any atom is -0.465 e. The van der Waals surface area contributed by atoms with E-state index < -0.39 is 5.97 Å². The summed E-state index contributed by atoms with van der Waals surface area (Å²) >= 11 is 3.36. The minimum absolute atomic E-state index is 0.0796. The summed E-state index contributed by atoms with van der Waals surface area (Å²) in [5.41, 5.74) is 1.31. The van der Waals surface area contributed by atoms with E-state index in [2.05, 4.69) is 21.0 Å². The van der Waals surface area contributed by atoms with Crippen molar-refractivity contribution in [3.8, 4) is 0 Å². The summed E-state index contributed by atoms with van der Waals surface area (Å²) in [4.78, 5) is 23.0. The summed E-state index contributed by atoms with van der Waals surface area (Å²) in [7, 11) is 1.31. The molecule has 0 aliphatic heterocycles. The van der Waals surface area contributed by atoms with Gasteiger partial charge in [-0.15, -0.1) is 0 Å². The Labute approximate surface area is 118 Å². The molecule has 19 heavy (non-hydrogen) atoms. The maximum atomic E-state index is 11.8. The zero-order valence-electron chi connectivity index (χ0n) is 10.8. The molecule has 0 saturated carbocycles. The number of ether oxygens (including phenoxy) is 1. The lowest BCUT2D eigenvalue weighted by atomic mass is 10.1. The van der Waals surface area contributed by atoms with Gasteiger partial charge < -0.3 is 4.74 Å². The first-order chi connectivity index (χ1) is 8.99. The Kier molecular flexibility index (Phi) is 3.71. The molecule has 0 bridgehead atoms.